The van der Waals surface area contributed by atoms with E-state index in [1.807, 2.05) is 32.0 Å². The molecule has 2 unspecified atom stereocenters. The van der Waals surface area contributed by atoms with Crippen molar-refractivity contribution < 1.29 is 9.47 Å². The van der Waals surface area contributed by atoms with Gasteiger partial charge in [0.25, 0.3) is 0 Å². The lowest BCUT2D eigenvalue weighted by molar-refractivity contribution is 0.00925. The molecule has 1 aromatic rings. The van der Waals surface area contributed by atoms with E-state index >= 15 is 0 Å². The first kappa shape index (κ1) is 15.5. The molecule has 0 radical (unpaired) electrons. The number of hydrogen-bond donors (Lipinski definition) is 1. The molecule has 3 nitrogen and oxygen atoms in total. The van der Waals surface area contributed by atoms with Crippen molar-refractivity contribution >= 4 is 17.3 Å². The van der Waals surface area contributed by atoms with Crippen molar-refractivity contribution in [2.45, 2.75) is 58.3 Å². The summed E-state index contributed by atoms with van der Waals surface area (Å²) in [5, 5.41) is 4.20. The lowest BCUT2D eigenvalue weighted by atomic mass is 10.0. The largest absolute Gasteiger partial charge is 0.489 e. The van der Waals surface area contributed by atoms with Crippen LogP contribution >= 0.6 is 11.6 Å². The molecule has 2 atom stereocenters. The third-order valence-corrected chi connectivity index (χ3v) is 3.78. The van der Waals surface area contributed by atoms with Crippen LogP contribution in [0.3, 0.4) is 0 Å². The summed E-state index contributed by atoms with van der Waals surface area (Å²) in [5.74, 6) is 0.741. The number of halogens is 1. The zero-order valence-corrected chi connectivity index (χ0v) is 13.2. The Morgan fingerprint density at radius 1 is 1.45 bits per heavy atom. The van der Waals surface area contributed by atoms with E-state index in [4.69, 9.17) is 21.1 Å². The van der Waals surface area contributed by atoms with Crippen molar-refractivity contribution in [2.75, 3.05) is 11.9 Å². The fourth-order valence-electron chi connectivity index (χ4n) is 2.47. The van der Waals surface area contributed by atoms with Crippen LogP contribution in [0.4, 0.5) is 5.69 Å². The molecule has 1 heterocycles. The Balaban J connectivity index is 1.97. The molecule has 1 aliphatic rings. The van der Waals surface area contributed by atoms with Gasteiger partial charge in [-0.25, -0.2) is 0 Å². The van der Waals surface area contributed by atoms with Crippen LogP contribution in [0.5, 0.6) is 5.75 Å². The minimum Gasteiger partial charge on any atom is -0.489 e. The average molecular weight is 298 g/mol. The van der Waals surface area contributed by atoms with E-state index in [1.165, 1.54) is 0 Å². The monoisotopic (exact) mass is 297 g/mol. The molecule has 0 bridgehead atoms. The number of nitrogens with one attached hydrogen (secondary N) is 1. The molecule has 1 N–H and O–H groups in total. The van der Waals surface area contributed by atoms with Gasteiger partial charge < -0.3 is 14.8 Å². The minimum absolute atomic E-state index is 0.132. The minimum atomic E-state index is 0.132. The Kier molecular flexibility index (Phi) is 5.55. The number of hydrogen-bond acceptors (Lipinski definition) is 3. The van der Waals surface area contributed by atoms with Gasteiger partial charge in [-0.3, -0.25) is 0 Å². The predicted molar refractivity (Wildman–Crippen MR) is 83.9 cm³/mol. The van der Waals surface area contributed by atoms with Crippen LogP contribution < -0.4 is 10.1 Å². The van der Waals surface area contributed by atoms with E-state index in [0.717, 1.165) is 37.3 Å². The van der Waals surface area contributed by atoms with Crippen molar-refractivity contribution in [2.24, 2.45) is 0 Å². The van der Waals surface area contributed by atoms with Gasteiger partial charge in [-0.05, 0) is 51.3 Å². The summed E-state index contributed by atoms with van der Waals surface area (Å²) >= 11 is 6.26. The zero-order valence-electron chi connectivity index (χ0n) is 12.5. The number of anilines is 1. The van der Waals surface area contributed by atoms with Crippen molar-refractivity contribution in [1.82, 2.24) is 0 Å². The lowest BCUT2D eigenvalue weighted by Gasteiger charge is -2.30. The van der Waals surface area contributed by atoms with Gasteiger partial charge in [0.1, 0.15) is 5.75 Å². The molecule has 4 heteroatoms. The van der Waals surface area contributed by atoms with E-state index in [-0.39, 0.29) is 6.10 Å². The highest BCUT2D eigenvalue weighted by Gasteiger charge is 2.21. The van der Waals surface area contributed by atoms with Gasteiger partial charge in [-0.1, -0.05) is 18.5 Å². The molecule has 2 rings (SSSR count). The average Bonchev–Trinajstić information content (AvgIpc) is 2.42. The molecule has 0 aliphatic carbocycles. The van der Waals surface area contributed by atoms with Crippen molar-refractivity contribution in [3.8, 4) is 5.75 Å². The third kappa shape index (κ3) is 4.29. The molecule has 0 saturated carbocycles. The van der Waals surface area contributed by atoms with E-state index in [9.17, 15) is 0 Å². The van der Waals surface area contributed by atoms with E-state index < -0.39 is 0 Å². The fraction of sp³-hybridized carbons (Fsp3) is 0.625. The molecule has 1 aromatic carbocycles. The summed E-state index contributed by atoms with van der Waals surface area (Å²) in [6.45, 7) is 6.99. The fourth-order valence-corrected chi connectivity index (χ4v) is 2.70. The van der Waals surface area contributed by atoms with Crippen LogP contribution in [0.2, 0.25) is 5.02 Å². The number of ether oxygens (including phenoxy) is 2. The number of rotatable bonds is 5. The van der Waals surface area contributed by atoms with Gasteiger partial charge in [-0.2, -0.15) is 0 Å². The Morgan fingerprint density at radius 3 is 2.90 bits per heavy atom. The Hall–Kier alpha value is -0.930. The normalized spacial score (nSPS) is 22.9. The molecule has 1 saturated heterocycles. The maximum Gasteiger partial charge on any atom is 0.138 e. The highest BCUT2D eigenvalue weighted by molar-refractivity contribution is 6.32. The van der Waals surface area contributed by atoms with Crippen LogP contribution in [0, 0.1) is 0 Å². The molecule has 0 spiro atoms. The second-order valence-electron chi connectivity index (χ2n) is 5.58. The second kappa shape index (κ2) is 7.19. The zero-order chi connectivity index (χ0) is 14.5. The van der Waals surface area contributed by atoms with Gasteiger partial charge in [0.15, 0.2) is 0 Å². The first-order valence-electron chi connectivity index (χ1n) is 7.42. The summed E-state index contributed by atoms with van der Waals surface area (Å²) in [7, 11) is 0. The quantitative estimate of drug-likeness (QED) is 0.868. The highest BCUT2D eigenvalue weighted by atomic mass is 35.5. The first-order chi connectivity index (χ1) is 9.58. The van der Waals surface area contributed by atoms with Gasteiger partial charge in [0.05, 0.1) is 17.2 Å². The molecule has 0 amide bonds. The summed E-state index contributed by atoms with van der Waals surface area (Å²) in [6.07, 6.45) is 3.67. The molecular weight excluding hydrogens is 274 g/mol. The standard InChI is InChI=1S/C16H24ClNO2/c1-4-14-9-13(7-8-19-14)18-12-5-6-16(15(17)10-12)20-11(2)3/h5-6,10-11,13-14,18H,4,7-9H2,1-3H3. The van der Waals surface area contributed by atoms with Crippen LogP contribution in [-0.4, -0.2) is 24.9 Å². The van der Waals surface area contributed by atoms with E-state index in [2.05, 4.69) is 12.2 Å². The van der Waals surface area contributed by atoms with Gasteiger partial charge in [0.2, 0.25) is 0 Å². The van der Waals surface area contributed by atoms with Gasteiger partial charge >= 0.3 is 0 Å². The summed E-state index contributed by atoms with van der Waals surface area (Å²) in [5.41, 5.74) is 1.05. The Labute approximate surface area is 126 Å². The molecular formula is C16H24ClNO2. The van der Waals surface area contributed by atoms with Gasteiger partial charge in [0, 0.05) is 18.3 Å². The summed E-state index contributed by atoms with van der Waals surface area (Å²) < 4.78 is 11.3. The van der Waals surface area contributed by atoms with Crippen LogP contribution in [0.25, 0.3) is 0 Å². The summed E-state index contributed by atoms with van der Waals surface area (Å²) in [6, 6.07) is 6.36. The smallest absolute Gasteiger partial charge is 0.138 e. The number of benzene rings is 1. The first-order valence-corrected chi connectivity index (χ1v) is 7.80. The second-order valence-corrected chi connectivity index (χ2v) is 5.99. The van der Waals surface area contributed by atoms with Crippen LogP contribution in [0.15, 0.2) is 18.2 Å². The van der Waals surface area contributed by atoms with E-state index in [1.54, 1.807) is 0 Å². The van der Waals surface area contributed by atoms with Crippen molar-refractivity contribution in [1.29, 1.82) is 0 Å². The van der Waals surface area contributed by atoms with Crippen molar-refractivity contribution in [3.05, 3.63) is 23.2 Å². The lowest BCUT2D eigenvalue weighted by Crippen LogP contribution is -2.33. The molecule has 112 valence electrons. The highest BCUT2D eigenvalue weighted by Crippen LogP contribution is 2.30. The molecule has 0 aromatic heterocycles. The van der Waals surface area contributed by atoms with E-state index in [0.29, 0.717) is 17.2 Å². The molecule has 1 fully saturated rings. The molecule has 1 aliphatic heterocycles. The Bertz CT molecular complexity index is 436. The topological polar surface area (TPSA) is 30.5 Å². The SMILES string of the molecule is CCC1CC(Nc2ccc(OC(C)C)c(Cl)c2)CCO1. The third-order valence-electron chi connectivity index (χ3n) is 3.49. The summed E-state index contributed by atoms with van der Waals surface area (Å²) in [4.78, 5) is 0. The van der Waals surface area contributed by atoms with Gasteiger partial charge in [-0.15, -0.1) is 0 Å². The maximum atomic E-state index is 6.26. The maximum absolute atomic E-state index is 6.26. The predicted octanol–water partition coefficient (Wildman–Crippen LogP) is 4.50. The van der Waals surface area contributed by atoms with Crippen LogP contribution in [0.1, 0.15) is 40.0 Å². The Morgan fingerprint density at radius 2 is 2.25 bits per heavy atom. The van der Waals surface area contributed by atoms with Crippen molar-refractivity contribution in [3.63, 3.8) is 0 Å². The molecule has 20 heavy (non-hydrogen) atoms. The van der Waals surface area contributed by atoms with Crippen LogP contribution in [-0.2, 0) is 4.74 Å².